The van der Waals surface area contributed by atoms with Gasteiger partial charge in [-0.2, -0.15) is 0 Å². The molecule has 1 unspecified atom stereocenters. The zero-order valence-electron chi connectivity index (χ0n) is 19.4. The Morgan fingerprint density at radius 1 is 1.27 bits per heavy atom. The van der Waals surface area contributed by atoms with Crippen LogP contribution in [0.5, 0.6) is 0 Å². The van der Waals surface area contributed by atoms with Gasteiger partial charge in [-0.15, -0.1) is 11.3 Å². The molecule has 8 heteroatoms. The number of amides is 1. The third kappa shape index (κ3) is 4.37. The molecule has 0 saturated carbocycles. The minimum Gasteiger partial charge on any atom is -0.444 e. The summed E-state index contributed by atoms with van der Waals surface area (Å²) in [7, 11) is 1.94. The molecular formula is C25H29N4O3S+. The van der Waals surface area contributed by atoms with E-state index in [9.17, 15) is 9.90 Å². The highest BCUT2D eigenvalue weighted by Crippen LogP contribution is 2.38. The number of benzene rings is 1. The number of fused-ring (bicyclic) bond motifs is 2. The summed E-state index contributed by atoms with van der Waals surface area (Å²) in [5.41, 5.74) is 2.67. The first-order valence-electron chi connectivity index (χ1n) is 11.3. The van der Waals surface area contributed by atoms with Crippen LogP contribution in [0.15, 0.2) is 41.5 Å². The number of nitrogens with zero attached hydrogens (tertiary/aromatic N) is 4. The number of hydrogen-bond donors (Lipinski definition) is 1. The van der Waals surface area contributed by atoms with E-state index in [1.165, 1.54) is 11.3 Å². The molecule has 0 bridgehead atoms. The summed E-state index contributed by atoms with van der Waals surface area (Å²) in [4.78, 5) is 18.8. The van der Waals surface area contributed by atoms with Crippen LogP contribution in [0.1, 0.15) is 44.2 Å². The van der Waals surface area contributed by atoms with E-state index in [0.717, 1.165) is 27.1 Å². The zero-order chi connectivity index (χ0) is 23.4. The molecular weight excluding hydrogens is 436 g/mol. The Bertz CT molecular complexity index is 1240. The lowest BCUT2D eigenvalue weighted by Gasteiger charge is -2.37. The number of hydrogen-bond acceptors (Lipinski definition) is 6. The highest BCUT2D eigenvalue weighted by Gasteiger charge is 2.39. The first-order chi connectivity index (χ1) is 15.6. The van der Waals surface area contributed by atoms with Crippen LogP contribution in [0, 0.1) is 5.92 Å². The van der Waals surface area contributed by atoms with Crippen molar-refractivity contribution < 1.29 is 19.3 Å². The minimum absolute atomic E-state index is 0.207. The predicted octanol–water partition coefficient (Wildman–Crippen LogP) is 4.17. The quantitative estimate of drug-likeness (QED) is 0.676. The van der Waals surface area contributed by atoms with E-state index in [1.54, 1.807) is 4.90 Å². The number of likely N-dealkylation sites (tertiary alicyclic amines) is 1. The van der Waals surface area contributed by atoms with Gasteiger partial charge in [-0.3, -0.25) is 0 Å². The SMILES string of the molecule is C[N+]1=CC2C=C(c3ccc4nc(C5(O)CCN(C(=O)OC(C)(C)C)CC5)sc4c3)C=CC2=N1. The van der Waals surface area contributed by atoms with Gasteiger partial charge in [-0.05, 0) is 55.2 Å². The number of carbonyl (C=O) groups is 1. The van der Waals surface area contributed by atoms with E-state index in [4.69, 9.17) is 9.72 Å². The molecule has 3 aliphatic rings. The van der Waals surface area contributed by atoms with Crippen LogP contribution in [-0.2, 0) is 10.3 Å². The molecule has 1 N–H and O–H groups in total. The van der Waals surface area contributed by atoms with Crippen molar-refractivity contribution >= 4 is 45.1 Å². The molecule has 7 nitrogen and oxygen atoms in total. The number of piperidine rings is 1. The summed E-state index contributed by atoms with van der Waals surface area (Å²) in [6, 6.07) is 6.25. The van der Waals surface area contributed by atoms with Gasteiger partial charge in [0.15, 0.2) is 13.3 Å². The molecule has 1 aromatic heterocycles. The van der Waals surface area contributed by atoms with Gasteiger partial charge in [0.05, 0.1) is 10.2 Å². The van der Waals surface area contributed by atoms with E-state index in [1.807, 2.05) is 38.6 Å². The summed E-state index contributed by atoms with van der Waals surface area (Å²) in [5.74, 6) is 0.207. The Hall–Kier alpha value is -2.84. The van der Waals surface area contributed by atoms with Crippen LogP contribution in [0.2, 0.25) is 0 Å². The van der Waals surface area contributed by atoms with Crippen molar-refractivity contribution in [3.05, 3.63) is 47.0 Å². The Morgan fingerprint density at radius 2 is 2.03 bits per heavy atom. The summed E-state index contributed by atoms with van der Waals surface area (Å²) >= 11 is 1.53. The first kappa shape index (κ1) is 22.0. The highest BCUT2D eigenvalue weighted by molar-refractivity contribution is 7.18. The number of hydrazone groups is 1. The van der Waals surface area contributed by atoms with Gasteiger partial charge >= 0.3 is 6.09 Å². The summed E-state index contributed by atoms with van der Waals surface area (Å²) in [6.07, 6.45) is 9.06. The van der Waals surface area contributed by atoms with Gasteiger partial charge in [0.1, 0.15) is 27.8 Å². The maximum atomic E-state index is 12.4. The second-order valence-electron chi connectivity index (χ2n) is 9.93. The molecule has 33 heavy (non-hydrogen) atoms. The largest absolute Gasteiger partial charge is 0.444 e. The number of thiazole rings is 1. The molecule has 2 aromatic rings. The van der Waals surface area contributed by atoms with Crippen molar-refractivity contribution in [2.24, 2.45) is 11.0 Å². The molecule has 1 fully saturated rings. The van der Waals surface area contributed by atoms with Crippen molar-refractivity contribution in [3.8, 4) is 0 Å². The summed E-state index contributed by atoms with van der Waals surface area (Å²) in [6.45, 7) is 6.46. The lowest BCUT2D eigenvalue weighted by Crippen LogP contribution is -2.46. The van der Waals surface area contributed by atoms with Crippen LogP contribution in [0.3, 0.4) is 0 Å². The van der Waals surface area contributed by atoms with Crippen LogP contribution in [0.25, 0.3) is 15.8 Å². The van der Waals surface area contributed by atoms with Gasteiger partial charge in [-0.25, -0.2) is 9.78 Å². The minimum atomic E-state index is -1.03. The van der Waals surface area contributed by atoms with Crippen molar-refractivity contribution in [2.45, 2.75) is 44.8 Å². The monoisotopic (exact) mass is 465 g/mol. The molecule has 1 aromatic carbocycles. The van der Waals surface area contributed by atoms with Gasteiger partial charge < -0.3 is 14.7 Å². The second kappa shape index (κ2) is 7.88. The Balaban J connectivity index is 1.33. The molecule has 0 radical (unpaired) electrons. The molecule has 2 aliphatic heterocycles. The Labute approximate surface area is 197 Å². The fourth-order valence-electron chi connectivity index (χ4n) is 4.38. The third-order valence-electron chi connectivity index (χ3n) is 6.15. The fraction of sp³-hybridized carbons (Fsp3) is 0.440. The number of allylic oxidation sites excluding steroid dienone is 4. The maximum Gasteiger partial charge on any atom is 0.410 e. The number of carbonyl (C=O) groups excluding carboxylic acids is 1. The van der Waals surface area contributed by atoms with Crippen LogP contribution >= 0.6 is 11.3 Å². The molecule has 1 atom stereocenters. The van der Waals surface area contributed by atoms with Gasteiger partial charge in [0, 0.05) is 25.9 Å². The third-order valence-corrected chi connectivity index (χ3v) is 7.36. The van der Waals surface area contributed by atoms with E-state index in [-0.39, 0.29) is 12.0 Å². The average Bonchev–Trinajstić information content (AvgIpc) is 3.34. The molecule has 3 heterocycles. The summed E-state index contributed by atoms with van der Waals surface area (Å²) < 4.78 is 8.38. The van der Waals surface area contributed by atoms with Crippen molar-refractivity contribution in [2.75, 3.05) is 20.1 Å². The van der Waals surface area contributed by atoms with E-state index in [2.05, 4.69) is 41.7 Å². The smallest absolute Gasteiger partial charge is 0.410 e. The number of rotatable bonds is 2. The molecule has 1 aliphatic carbocycles. The number of aromatic nitrogens is 1. The zero-order valence-corrected chi connectivity index (χ0v) is 20.2. The standard InChI is InChI=1S/C25H29N4O3S/c1-24(2,3)32-23(30)29-11-9-25(31,10-12-29)22-26-20-8-6-17(14-21(20)33-22)16-5-7-19-18(13-16)15-28(4)27-19/h5-8,13-15,18,31H,9-12H2,1-4H3/q+1. The molecule has 0 spiro atoms. The van der Waals surface area contributed by atoms with Crippen molar-refractivity contribution in [1.29, 1.82) is 0 Å². The van der Waals surface area contributed by atoms with Crippen molar-refractivity contribution in [1.82, 2.24) is 9.88 Å². The van der Waals surface area contributed by atoms with E-state index in [0.29, 0.717) is 30.9 Å². The second-order valence-corrected chi connectivity index (χ2v) is 11.0. The van der Waals surface area contributed by atoms with Gasteiger partial charge in [-0.1, -0.05) is 22.9 Å². The normalized spacial score (nSPS) is 22.0. The topological polar surface area (TPSA) is 78.0 Å². The Kier molecular flexibility index (Phi) is 5.25. The average molecular weight is 466 g/mol. The van der Waals surface area contributed by atoms with Gasteiger partial charge in [0.25, 0.3) is 0 Å². The van der Waals surface area contributed by atoms with E-state index >= 15 is 0 Å². The van der Waals surface area contributed by atoms with E-state index < -0.39 is 11.2 Å². The molecule has 5 rings (SSSR count). The van der Waals surface area contributed by atoms with Crippen LogP contribution < -0.4 is 0 Å². The number of ether oxygens (including phenoxy) is 1. The molecule has 1 amide bonds. The fourth-order valence-corrected chi connectivity index (χ4v) is 5.53. The lowest BCUT2D eigenvalue weighted by atomic mass is 9.92. The van der Waals surface area contributed by atoms with Crippen LogP contribution in [-0.4, -0.2) is 63.4 Å². The first-order valence-corrected chi connectivity index (χ1v) is 12.1. The molecule has 1 saturated heterocycles. The lowest BCUT2D eigenvalue weighted by molar-refractivity contribution is -0.495. The van der Waals surface area contributed by atoms with Crippen LogP contribution in [0.4, 0.5) is 4.79 Å². The van der Waals surface area contributed by atoms with Crippen molar-refractivity contribution in [3.63, 3.8) is 0 Å². The highest BCUT2D eigenvalue weighted by atomic mass is 32.1. The summed E-state index contributed by atoms with van der Waals surface area (Å²) in [5, 5.41) is 16.5. The predicted molar refractivity (Wildman–Crippen MR) is 131 cm³/mol. The Morgan fingerprint density at radius 3 is 2.76 bits per heavy atom. The maximum absolute atomic E-state index is 12.4. The van der Waals surface area contributed by atoms with Gasteiger partial charge in [0.2, 0.25) is 0 Å². The molecule has 172 valence electrons. The number of aliphatic hydroxyl groups is 1.